The van der Waals surface area contributed by atoms with Crippen molar-refractivity contribution in [3.63, 3.8) is 0 Å². The van der Waals surface area contributed by atoms with Gasteiger partial charge >= 0.3 is 6.09 Å². The van der Waals surface area contributed by atoms with Gasteiger partial charge < -0.3 is 9.84 Å². The summed E-state index contributed by atoms with van der Waals surface area (Å²) in [6.45, 7) is 8.83. The van der Waals surface area contributed by atoms with Crippen LogP contribution in [0.2, 0.25) is 0 Å². The number of hydrogen-bond donors (Lipinski definition) is 2. The number of aliphatic hydroxyl groups is 1. The van der Waals surface area contributed by atoms with Crippen LogP contribution in [-0.2, 0) is 4.74 Å². The lowest BCUT2D eigenvalue weighted by atomic mass is 10.2. The molecule has 0 saturated carbocycles. The molecule has 1 aromatic heterocycles. The third-order valence-electron chi connectivity index (χ3n) is 1.82. The summed E-state index contributed by atoms with van der Waals surface area (Å²) in [6, 6.07) is 0. The van der Waals surface area contributed by atoms with Crippen LogP contribution in [0.4, 0.5) is 9.93 Å². The number of hydrogen-bond acceptors (Lipinski definition) is 5. The molecule has 1 amide bonds. The maximum atomic E-state index is 11.5. The van der Waals surface area contributed by atoms with Gasteiger partial charge in [-0.05, 0) is 34.6 Å². The fourth-order valence-electron chi connectivity index (χ4n) is 1.24. The van der Waals surface area contributed by atoms with Gasteiger partial charge in [0.2, 0.25) is 0 Å². The highest BCUT2D eigenvalue weighted by Gasteiger charge is 2.18. The smallest absolute Gasteiger partial charge is 0.413 e. The second-order valence-corrected chi connectivity index (χ2v) is 5.80. The molecular weight excluding hydrogens is 240 g/mol. The van der Waals surface area contributed by atoms with Gasteiger partial charge in [-0.25, -0.2) is 9.78 Å². The van der Waals surface area contributed by atoms with Crippen LogP contribution in [-0.4, -0.2) is 21.8 Å². The summed E-state index contributed by atoms with van der Waals surface area (Å²) in [5, 5.41) is 12.5. The Hall–Kier alpha value is -1.14. The quantitative estimate of drug-likeness (QED) is 0.855. The molecule has 1 heterocycles. The van der Waals surface area contributed by atoms with Gasteiger partial charge in [-0.2, -0.15) is 0 Å². The molecule has 1 unspecified atom stereocenters. The number of anilines is 1. The number of aliphatic hydroxyl groups excluding tert-OH is 1. The molecule has 1 rings (SSSR count). The van der Waals surface area contributed by atoms with Crippen molar-refractivity contribution in [2.24, 2.45) is 0 Å². The highest BCUT2D eigenvalue weighted by atomic mass is 32.1. The first-order chi connectivity index (χ1) is 7.69. The Morgan fingerprint density at radius 1 is 1.53 bits per heavy atom. The molecule has 2 N–H and O–H groups in total. The summed E-state index contributed by atoms with van der Waals surface area (Å²) >= 11 is 1.25. The van der Waals surface area contributed by atoms with Gasteiger partial charge in [0.05, 0.1) is 16.7 Å². The molecule has 0 bridgehead atoms. The monoisotopic (exact) mass is 258 g/mol. The highest BCUT2D eigenvalue weighted by molar-refractivity contribution is 7.15. The van der Waals surface area contributed by atoms with E-state index in [1.54, 1.807) is 34.6 Å². The summed E-state index contributed by atoms with van der Waals surface area (Å²) in [4.78, 5) is 16.4. The molecule has 0 aliphatic rings. The van der Waals surface area contributed by atoms with Gasteiger partial charge in [-0.3, -0.25) is 5.32 Å². The van der Waals surface area contributed by atoms with Gasteiger partial charge in [0.15, 0.2) is 5.13 Å². The Kier molecular flexibility index (Phi) is 4.11. The van der Waals surface area contributed by atoms with Crippen molar-refractivity contribution in [3.05, 3.63) is 10.6 Å². The Balaban J connectivity index is 2.70. The van der Waals surface area contributed by atoms with E-state index in [1.165, 1.54) is 11.3 Å². The van der Waals surface area contributed by atoms with Crippen LogP contribution in [0, 0.1) is 6.92 Å². The zero-order valence-corrected chi connectivity index (χ0v) is 11.5. The number of thiazole rings is 1. The zero-order chi connectivity index (χ0) is 13.2. The molecule has 1 atom stereocenters. The maximum absolute atomic E-state index is 11.5. The molecule has 17 heavy (non-hydrogen) atoms. The number of carbonyl (C=O) groups is 1. The number of carbonyl (C=O) groups excluding carboxylic acids is 1. The average Bonchev–Trinajstić information content (AvgIpc) is 2.42. The van der Waals surface area contributed by atoms with E-state index in [9.17, 15) is 9.90 Å². The summed E-state index contributed by atoms with van der Waals surface area (Å²) in [5.74, 6) is 0. The minimum absolute atomic E-state index is 0.438. The Morgan fingerprint density at radius 3 is 2.53 bits per heavy atom. The van der Waals surface area contributed by atoms with Crippen LogP contribution >= 0.6 is 11.3 Å². The zero-order valence-electron chi connectivity index (χ0n) is 10.7. The van der Waals surface area contributed by atoms with Crippen LogP contribution < -0.4 is 5.32 Å². The second kappa shape index (κ2) is 5.01. The average molecular weight is 258 g/mol. The third-order valence-corrected chi connectivity index (χ3v) is 3.06. The first kappa shape index (κ1) is 13.9. The predicted molar refractivity (Wildman–Crippen MR) is 67.3 cm³/mol. The number of nitrogens with zero attached hydrogens (tertiary/aromatic N) is 1. The number of ether oxygens (including phenoxy) is 1. The maximum Gasteiger partial charge on any atom is 0.413 e. The van der Waals surface area contributed by atoms with Crippen LogP contribution in [0.3, 0.4) is 0 Å². The van der Waals surface area contributed by atoms with Crippen LogP contribution in [0.25, 0.3) is 0 Å². The van der Waals surface area contributed by atoms with Crippen molar-refractivity contribution in [2.45, 2.75) is 46.3 Å². The van der Waals surface area contributed by atoms with E-state index in [0.29, 0.717) is 5.13 Å². The first-order valence-corrected chi connectivity index (χ1v) is 6.16. The van der Waals surface area contributed by atoms with Crippen molar-refractivity contribution in [1.29, 1.82) is 0 Å². The van der Waals surface area contributed by atoms with E-state index in [0.717, 1.165) is 10.6 Å². The van der Waals surface area contributed by atoms with E-state index < -0.39 is 17.8 Å². The highest BCUT2D eigenvalue weighted by Crippen LogP contribution is 2.28. The van der Waals surface area contributed by atoms with E-state index in [-0.39, 0.29) is 0 Å². The molecule has 0 aliphatic carbocycles. The van der Waals surface area contributed by atoms with Crippen molar-refractivity contribution in [3.8, 4) is 0 Å². The number of amides is 1. The minimum atomic E-state index is -0.582. The fraction of sp³-hybridized carbons (Fsp3) is 0.636. The number of nitrogens with one attached hydrogen (secondary N) is 1. The lowest BCUT2D eigenvalue weighted by Crippen LogP contribution is -2.27. The molecule has 5 nitrogen and oxygen atoms in total. The molecule has 1 aromatic rings. The third kappa shape index (κ3) is 4.32. The molecule has 0 radical (unpaired) electrons. The lowest BCUT2D eigenvalue weighted by molar-refractivity contribution is 0.0636. The van der Waals surface area contributed by atoms with Crippen molar-refractivity contribution < 1.29 is 14.6 Å². The first-order valence-electron chi connectivity index (χ1n) is 5.34. The van der Waals surface area contributed by atoms with E-state index in [2.05, 4.69) is 10.3 Å². The second-order valence-electron chi connectivity index (χ2n) is 4.77. The Morgan fingerprint density at radius 2 is 2.12 bits per heavy atom. The van der Waals surface area contributed by atoms with Crippen LogP contribution in [0.1, 0.15) is 44.4 Å². The lowest BCUT2D eigenvalue weighted by Gasteiger charge is -2.18. The van der Waals surface area contributed by atoms with E-state index >= 15 is 0 Å². The van der Waals surface area contributed by atoms with Gasteiger partial charge in [-0.15, -0.1) is 0 Å². The minimum Gasteiger partial charge on any atom is -0.444 e. The summed E-state index contributed by atoms with van der Waals surface area (Å²) in [5.41, 5.74) is 0.180. The molecule has 0 fully saturated rings. The molecule has 96 valence electrons. The SMILES string of the molecule is Cc1nc(NC(=O)OC(C)(C)C)sc1C(C)O. The van der Waals surface area contributed by atoms with Gasteiger partial charge in [0.1, 0.15) is 5.60 Å². The van der Waals surface area contributed by atoms with Crippen molar-refractivity contribution >= 4 is 22.6 Å². The van der Waals surface area contributed by atoms with Crippen LogP contribution in [0.15, 0.2) is 0 Å². The molecular formula is C11H18N2O3S. The fourth-order valence-corrected chi connectivity index (χ4v) is 2.13. The summed E-state index contributed by atoms with van der Waals surface area (Å²) < 4.78 is 5.11. The normalized spacial score (nSPS) is 13.3. The van der Waals surface area contributed by atoms with E-state index in [4.69, 9.17) is 4.74 Å². The molecule has 0 spiro atoms. The number of aryl methyl sites for hydroxylation is 1. The van der Waals surface area contributed by atoms with E-state index in [1.807, 2.05) is 0 Å². The van der Waals surface area contributed by atoms with Gasteiger partial charge in [0, 0.05) is 0 Å². The molecule has 0 saturated heterocycles. The standard InChI is InChI=1S/C11H18N2O3S/c1-6-8(7(2)14)17-9(12-6)13-10(15)16-11(3,4)5/h7,14H,1-5H3,(H,12,13,15). The van der Waals surface area contributed by atoms with Gasteiger partial charge in [0.25, 0.3) is 0 Å². The molecule has 0 aromatic carbocycles. The van der Waals surface area contributed by atoms with Gasteiger partial charge in [-0.1, -0.05) is 11.3 Å². The number of aromatic nitrogens is 1. The van der Waals surface area contributed by atoms with Crippen molar-refractivity contribution in [1.82, 2.24) is 4.98 Å². The predicted octanol–water partition coefficient (Wildman–Crippen LogP) is 2.85. The van der Waals surface area contributed by atoms with Crippen LogP contribution in [0.5, 0.6) is 0 Å². The molecule has 0 aliphatic heterocycles. The van der Waals surface area contributed by atoms with Crippen molar-refractivity contribution in [2.75, 3.05) is 5.32 Å². The summed E-state index contributed by atoms with van der Waals surface area (Å²) in [7, 11) is 0. The number of rotatable bonds is 2. The topological polar surface area (TPSA) is 71.5 Å². The summed E-state index contributed by atoms with van der Waals surface area (Å²) in [6.07, 6.45) is -1.12. The Labute approximate surface area is 105 Å². The Bertz CT molecular complexity index is 407. The largest absolute Gasteiger partial charge is 0.444 e. The molecule has 6 heteroatoms.